The van der Waals surface area contributed by atoms with Crippen molar-refractivity contribution in [3.63, 3.8) is 0 Å². The monoisotopic (exact) mass is 349 g/mol. The quantitative estimate of drug-likeness (QED) is 0.532. The average molecular weight is 349 g/mol. The Hall–Kier alpha value is -3.15. The van der Waals surface area contributed by atoms with Crippen molar-refractivity contribution in [2.24, 2.45) is 0 Å². The molecular formula is C20H19N3O3. The zero-order valence-electron chi connectivity index (χ0n) is 15.2. The third kappa shape index (κ3) is 2.08. The largest absolute Gasteiger partial charge is 0.462 e. The fourth-order valence-corrected chi connectivity index (χ4v) is 3.64. The molecule has 4 aromatic rings. The van der Waals surface area contributed by atoms with E-state index in [0.29, 0.717) is 22.2 Å². The number of carbonyl (C=O) groups excluding carboxylic acids is 1. The van der Waals surface area contributed by atoms with Crippen LogP contribution in [-0.2, 0) is 4.74 Å². The predicted molar refractivity (Wildman–Crippen MR) is 103 cm³/mol. The van der Waals surface area contributed by atoms with Crippen LogP contribution in [0.1, 0.15) is 23.0 Å². The number of hydrogen-bond acceptors (Lipinski definition) is 5. The molecule has 6 heteroatoms. The number of nitrogens with zero attached hydrogens (tertiary/aromatic N) is 3. The lowest BCUT2D eigenvalue weighted by molar-refractivity contribution is 0.0528. The minimum atomic E-state index is -0.455. The zero-order valence-corrected chi connectivity index (χ0v) is 15.2. The highest BCUT2D eigenvalue weighted by atomic mass is 16.5. The third-order valence-electron chi connectivity index (χ3n) is 4.72. The van der Waals surface area contributed by atoms with Crippen LogP contribution in [0.4, 0.5) is 5.69 Å². The van der Waals surface area contributed by atoms with Crippen LogP contribution in [0, 0.1) is 6.92 Å². The van der Waals surface area contributed by atoms with Crippen LogP contribution in [0.25, 0.3) is 27.1 Å². The number of fused-ring (bicyclic) bond motifs is 2. The van der Waals surface area contributed by atoms with E-state index in [4.69, 9.17) is 4.74 Å². The highest BCUT2D eigenvalue weighted by Gasteiger charge is 2.24. The molecule has 0 amide bonds. The summed E-state index contributed by atoms with van der Waals surface area (Å²) >= 11 is 0. The molecule has 2 aromatic carbocycles. The average Bonchev–Trinajstić information content (AvgIpc) is 2.96. The SMILES string of the molecule is CCOC(=O)c1c(C)nn2c(=O)c3ccc(N(C)C)c4cccc(c43)c12. The molecule has 0 bridgehead atoms. The normalized spacial score (nSPS) is 11.5. The molecule has 0 atom stereocenters. The van der Waals surface area contributed by atoms with E-state index in [1.807, 2.05) is 49.3 Å². The fourth-order valence-electron chi connectivity index (χ4n) is 3.64. The molecule has 0 saturated heterocycles. The number of anilines is 1. The molecule has 4 rings (SSSR count). The molecule has 0 fully saturated rings. The minimum absolute atomic E-state index is 0.229. The van der Waals surface area contributed by atoms with Crippen LogP contribution in [0.2, 0.25) is 0 Å². The Labute approximate surface area is 149 Å². The van der Waals surface area contributed by atoms with Gasteiger partial charge in [-0.15, -0.1) is 0 Å². The van der Waals surface area contributed by atoms with Gasteiger partial charge in [0.1, 0.15) is 5.56 Å². The van der Waals surface area contributed by atoms with Crippen molar-refractivity contribution >= 4 is 38.7 Å². The van der Waals surface area contributed by atoms with Crippen molar-refractivity contribution in [2.75, 3.05) is 25.6 Å². The Bertz CT molecular complexity index is 1220. The van der Waals surface area contributed by atoms with E-state index in [-0.39, 0.29) is 12.2 Å². The summed E-state index contributed by atoms with van der Waals surface area (Å²) < 4.78 is 6.53. The lowest BCUT2D eigenvalue weighted by Crippen LogP contribution is -2.16. The second-order valence-corrected chi connectivity index (χ2v) is 6.50. The molecule has 0 N–H and O–H groups in total. The number of benzene rings is 2. The molecule has 0 aliphatic heterocycles. The molecular weight excluding hydrogens is 330 g/mol. The summed E-state index contributed by atoms with van der Waals surface area (Å²) in [6, 6.07) is 9.62. The molecule has 0 spiro atoms. The minimum Gasteiger partial charge on any atom is -0.462 e. The molecule has 26 heavy (non-hydrogen) atoms. The van der Waals surface area contributed by atoms with Crippen molar-refractivity contribution in [1.82, 2.24) is 9.61 Å². The van der Waals surface area contributed by atoms with Gasteiger partial charge in [-0.2, -0.15) is 9.61 Å². The van der Waals surface area contributed by atoms with Gasteiger partial charge < -0.3 is 9.64 Å². The van der Waals surface area contributed by atoms with Crippen LogP contribution in [0.3, 0.4) is 0 Å². The van der Waals surface area contributed by atoms with Crippen LogP contribution in [0.5, 0.6) is 0 Å². The maximum absolute atomic E-state index is 13.1. The Morgan fingerprint density at radius 3 is 2.58 bits per heavy atom. The van der Waals surface area contributed by atoms with Gasteiger partial charge in [-0.05, 0) is 26.0 Å². The maximum atomic E-state index is 13.1. The molecule has 2 aromatic heterocycles. The topological polar surface area (TPSA) is 63.9 Å². The van der Waals surface area contributed by atoms with E-state index in [2.05, 4.69) is 5.10 Å². The number of pyridine rings is 1. The Morgan fingerprint density at radius 1 is 1.15 bits per heavy atom. The molecule has 2 heterocycles. The Kier molecular flexibility index (Phi) is 3.57. The van der Waals surface area contributed by atoms with E-state index in [9.17, 15) is 9.59 Å². The van der Waals surface area contributed by atoms with Crippen molar-refractivity contribution in [2.45, 2.75) is 13.8 Å². The van der Waals surface area contributed by atoms with Crippen molar-refractivity contribution < 1.29 is 9.53 Å². The molecule has 0 aliphatic carbocycles. The molecule has 0 aliphatic rings. The van der Waals surface area contributed by atoms with E-state index in [1.54, 1.807) is 13.8 Å². The molecule has 0 radical (unpaired) electrons. The van der Waals surface area contributed by atoms with Crippen molar-refractivity contribution in [3.8, 4) is 0 Å². The number of rotatable bonds is 3. The molecule has 132 valence electrons. The van der Waals surface area contributed by atoms with Gasteiger partial charge in [-0.25, -0.2) is 4.79 Å². The van der Waals surface area contributed by atoms with E-state index < -0.39 is 5.97 Å². The van der Waals surface area contributed by atoms with Crippen LogP contribution in [-0.4, -0.2) is 36.3 Å². The Morgan fingerprint density at radius 2 is 1.88 bits per heavy atom. The fraction of sp³-hybridized carbons (Fsp3) is 0.250. The van der Waals surface area contributed by atoms with Crippen molar-refractivity contribution in [1.29, 1.82) is 0 Å². The summed E-state index contributed by atoms with van der Waals surface area (Å²) in [6.07, 6.45) is 0. The summed E-state index contributed by atoms with van der Waals surface area (Å²) in [5.41, 5.74) is 2.14. The first kappa shape index (κ1) is 16.3. The number of carbonyl (C=O) groups is 1. The number of aryl methyl sites for hydroxylation is 1. The Balaban J connectivity index is 2.27. The second-order valence-electron chi connectivity index (χ2n) is 6.50. The van der Waals surface area contributed by atoms with Gasteiger partial charge in [-0.3, -0.25) is 4.79 Å². The predicted octanol–water partition coefficient (Wildman–Crippen LogP) is 2.99. The summed E-state index contributed by atoms with van der Waals surface area (Å²) in [7, 11) is 3.93. The first-order valence-electron chi connectivity index (χ1n) is 8.50. The van der Waals surface area contributed by atoms with Gasteiger partial charge in [0.25, 0.3) is 5.56 Å². The van der Waals surface area contributed by atoms with Gasteiger partial charge in [0, 0.05) is 35.9 Å². The maximum Gasteiger partial charge on any atom is 0.342 e. The first-order valence-corrected chi connectivity index (χ1v) is 8.50. The lowest BCUT2D eigenvalue weighted by Gasteiger charge is -2.17. The van der Waals surface area contributed by atoms with Crippen LogP contribution >= 0.6 is 0 Å². The third-order valence-corrected chi connectivity index (χ3v) is 4.72. The van der Waals surface area contributed by atoms with E-state index in [1.165, 1.54) is 4.52 Å². The van der Waals surface area contributed by atoms with Gasteiger partial charge in [0.2, 0.25) is 0 Å². The number of ether oxygens (including phenoxy) is 1. The highest BCUT2D eigenvalue weighted by molar-refractivity contribution is 6.21. The smallest absolute Gasteiger partial charge is 0.342 e. The van der Waals surface area contributed by atoms with Crippen LogP contribution < -0.4 is 10.5 Å². The zero-order chi connectivity index (χ0) is 18.6. The molecule has 0 unspecified atom stereocenters. The summed E-state index contributed by atoms with van der Waals surface area (Å²) in [5.74, 6) is -0.455. The summed E-state index contributed by atoms with van der Waals surface area (Å²) in [5, 5.41) is 7.57. The van der Waals surface area contributed by atoms with Gasteiger partial charge in [0.15, 0.2) is 0 Å². The standard InChI is InChI=1S/C20H19N3O3/c1-5-26-20(25)16-11(2)21-23-18(16)13-8-6-7-12-15(22(3)4)10-9-14(17(12)13)19(23)24/h6-10H,5H2,1-4H3. The molecule has 0 saturated carbocycles. The number of esters is 1. The lowest BCUT2D eigenvalue weighted by atomic mass is 9.98. The van der Waals surface area contributed by atoms with Crippen LogP contribution in [0.15, 0.2) is 35.1 Å². The summed E-state index contributed by atoms with van der Waals surface area (Å²) in [4.78, 5) is 27.6. The van der Waals surface area contributed by atoms with Gasteiger partial charge in [0.05, 0.1) is 23.2 Å². The molecule has 6 nitrogen and oxygen atoms in total. The van der Waals surface area contributed by atoms with Crippen molar-refractivity contribution in [3.05, 3.63) is 51.9 Å². The van der Waals surface area contributed by atoms with E-state index >= 15 is 0 Å². The van der Waals surface area contributed by atoms with Gasteiger partial charge in [-0.1, -0.05) is 18.2 Å². The first-order chi connectivity index (χ1) is 12.5. The van der Waals surface area contributed by atoms with E-state index in [0.717, 1.165) is 21.8 Å². The highest BCUT2D eigenvalue weighted by Crippen LogP contribution is 2.35. The second kappa shape index (κ2) is 5.69. The number of aromatic nitrogens is 2. The summed E-state index contributed by atoms with van der Waals surface area (Å²) in [6.45, 7) is 3.75. The number of hydrogen-bond donors (Lipinski definition) is 0. The van der Waals surface area contributed by atoms with Gasteiger partial charge >= 0.3 is 5.97 Å².